The number of hydrogen-bond acceptors (Lipinski definition) is 4. The molecule has 0 radical (unpaired) electrons. The number of aromatic nitrogens is 2. The van der Waals surface area contributed by atoms with E-state index in [0.717, 1.165) is 0 Å². The van der Waals surface area contributed by atoms with E-state index in [4.69, 9.17) is 16.7 Å². The predicted molar refractivity (Wildman–Crippen MR) is 60.3 cm³/mol. The van der Waals surface area contributed by atoms with E-state index in [0.29, 0.717) is 13.0 Å². The molecule has 0 bridgehead atoms. The molecule has 1 N–H and O–H groups in total. The van der Waals surface area contributed by atoms with Gasteiger partial charge in [-0.3, -0.25) is 9.78 Å². The number of halogens is 1. The van der Waals surface area contributed by atoms with E-state index in [1.165, 1.54) is 17.3 Å². The topological polar surface area (TPSA) is 66.3 Å². The van der Waals surface area contributed by atoms with Gasteiger partial charge in [-0.2, -0.15) is 0 Å². The SMILES string of the molecule is CC(O)CCN(C)C(=O)c1cncc(Cl)n1. The second-order valence-electron chi connectivity index (χ2n) is 3.59. The molecule has 1 rings (SSSR count). The molecule has 1 aromatic heterocycles. The molecule has 1 aromatic rings. The molecule has 88 valence electrons. The zero-order chi connectivity index (χ0) is 12.1. The van der Waals surface area contributed by atoms with Crippen molar-refractivity contribution in [2.24, 2.45) is 0 Å². The van der Waals surface area contributed by atoms with E-state index in [1.807, 2.05) is 0 Å². The molecule has 0 aliphatic heterocycles. The van der Waals surface area contributed by atoms with Gasteiger partial charge in [0.2, 0.25) is 0 Å². The van der Waals surface area contributed by atoms with E-state index in [1.54, 1.807) is 14.0 Å². The van der Waals surface area contributed by atoms with Crippen LogP contribution in [0.2, 0.25) is 5.15 Å². The number of amides is 1. The Kier molecular flexibility index (Phi) is 4.64. The first-order valence-corrected chi connectivity index (χ1v) is 5.29. The fraction of sp³-hybridized carbons (Fsp3) is 0.500. The number of carbonyl (C=O) groups is 1. The maximum atomic E-state index is 11.8. The summed E-state index contributed by atoms with van der Waals surface area (Å²) in [7, 11) is 1.65. The van der Waals surface area contributed by atoms with Crippen LogP contribution in [0.25, 0.3) is 0 Å². The lowest BCUT2D eigenvalue weighted by Crippen LogP contribution is -2.30. The molecule has 1 atom stereocenters. The molecule has 0 aliphatic carbocycles. The molecular formula is C10H14ClN3O2. The molecule has 0 spiro atoms. The summed E-state index contributed by atoms with van der Waals surface area (Å²) in [6.45, 7) is 2.14. The van der Waals surface area contributed by atoms with Crippen molar-refractivity contribution in [3.63, 3.8) is 0 Å². The van der Waals surface area contributed by atoms with Crippen LogP contribution >= 0.6 is 11.6 Å². The Hall–Kier alpha value is -1.20. The maximum Gasteiger partial charge on any atom is 0.273 e. The van der Waals surface area contributed by atoms with Gasteiger partial charge >= 0.3 is 0 Å². The van der Waals surface area contributed by atoms with E-state index >= 15 is 0 Å². The van der Waals surface area contributed by atoms with E-state index in [9.17, 15) is 4.79 Å². The molecule has 0 aliphatic rings. The van der Waals surface area contributed by atoms with Gasteiger partial charge in [0, 0.05) is 13.6 Å². The summed E-state index contributed by atoms with van der Waals surface area (Å²) in [4.78, 5) is 20.9. The number of rotatable bonds is 4. The highest BCUT2D eigenvalue weighted by molar-refractivity contribution is 6.29. The average molecular weight is 244 g/mol. The van der Waals surface area contributed by atoms with Gasteiger partial charge in [-0.25, -0.2) is 4.98 Å². The smallest absolute Gasteiger partial charge is 0.273 e. The van der Waals surface area contributed by atoms with E-state index in [-0.39, 0.29) is 16.8 Å². The van der Waals surface area contributed by atoms with Crippen LogP contribution in [0.15, 0.2) is 12.4 Å². The number of aliphatic hydroxyl groups is 1. The first-order valence-electron chi connectivity index (χ1n) is 4.91. The Morgan fingerprint density at radius 2 is 2.31 bits per heavy atom. The molecule has 0 fully saturated rings. The third kappa shape index (κ3) is 3.75. The summed E-state index contributed by atoms with van der Waals surface area (Å²) in [6, 6.07) is 0. The van der Waals surface area contributed by atoms with Crippen LogP contribution in [-0.4, -0.2) is 45.6 Å². The Balaban J connectivity index is 2.63. The minimum absolute atomic E-state index is 0.190. The fourth-order valence-corrected chi connectivity index (χ4v) is 1.27. The first kappa shape index (κ1) is 12.9. The van der Waals surface area contributed by atoms with E-state index in [2.05, 4.69) is 9.97 Å². The van der Waals surface area contributed by atoms with Crippen molar-refractivity contribution >= 4 is 17.5 Å². The summed E-state index contributed by atoms with van der Waals surface area (Å²) in [5, 5.41) is 9.30. The van der Waals surface area contributed by atoms with Crippen molar-refractivity contribution in [2.75, 3.05) is 13.6 Å². The second kappa shape index (κ2) is 5.77. The van der Waals surface area contributed by atoms with Crippen LogP contribution in [0.3, 0.4) is 0 Å². The maximum absolute atomic E-state index is 11.8. The van der Waals surface area contributed by atoms with Crippen LogP contribution in [0.1, 0.15) is 23.8 Å². The van der Waals surface area contributed by atoms with Crippen molar-refractivity contribution in [3.8, 4) is 0 Å². The van der Waals surface area contributed by atoms with Gasteiger partial charge in [-0.15, -0.1) is 0 Å². The van der Waals surface area contributed by atoms with Crippen molar-refractivity contribution in [2.45, 2.75) is 19.4 Å². The zero-order valence-corrected chi connectivity index (χ0v) is 9.98. The summed E-state index contributed by atoms with van der Waals surface area (Å²) in [5.41, 5.74) is 0.209. The van der Waals surface area contributed by atoms with E-state index < -0.39 is 6.10 Å². The summed E-state index contributed by atoms with van der Waals surface area (Å²) in [6.07, 6.45) is 2.83. The third-order valence-corrected chi connectivity index (χ3v) is 2.24. The van der Waals surface area contributed by atoms with Crippen LogP contribution in [0, 0.1) is 0 Å². The minimum Gasteiger partial charge on any atom is -0.393 e. The van der Waals surface area contributed by atoms with Crippen LogP contribution in [0.4, 0.5) is 0 Å². The lowest BCUT2D eigenvalue weighted by molar-refractivity contribution is 0.0763. The lowest BCUT2D eigenvalue weighted by Gasteiger charge is -2.17. The quantitative estimate of drug-likeness (QED) is 0.856. The Morgan fingerprint density at radius 1 is 1.62 bits per heavy atom. The van der Waals surface area contributed by atoms with Gasteiger partial charge in [-0.1, -0.05) is 11.6 Å². The van der Waals surface area contributed by atoms with Gasteiger partial charge in [-0.05, 0) is 13.3 Å². The predicted octanol–water partition coefficient (Wildman–Crippen LogP) is 0.973. The second-order valence-corrected chi connectivity index (χ2v) is 3.98. The number of aliphatic hydroxyl groups excluding tert-OH is 1. The van der Waals surface area contributed by atoms with Gasteiger partial charge in [0.25, 0.3) is 5.91 Å². The highest BCUT2D eigenvalue weighted by atomic mass is 35.5. The molecule has 6 heteroatoms. The molecule has 1 amide bonds. The largest absolute Gasteiger partial charge is 0.393 e. The minimum atomic E-state index is -0.430. The normalized spacial score (nSPS) is 12.2. The Bertz CT molecular complexity index is 371. The number of hydrogen-bond donors (Lipinski definition) is 1. The lowest BCUT2D eigenvalue weighted by atomic mass is 10.2. The first-order chi connectivity index (χ1) is 7.50. The standard InChI is InChI=1S/C10H14ClN3O2/c1-7(15)3-4-14(2)10(16)8-5-12-6-9(11)13-8/h5-7,15H,3-4H2,1-2H3. The van der Waals surface area contributed by atoms with Crippen LogP contribution in [-0.2, 0) is 0 Å². The van der Waals surface area contributed by atoms with Crippen molar-refractivity contribution in [3.05, 3.63) is 23.2 Å². The Labute approximate surface area is 99.1 Å². The zero-order valence-electron chi connectivity index (χ0n) is 9.22. The highest BCUT2D eigenvalue weighted by Crippen LogP contribution is 2.05. The fourth-order valence-electron chi connectivity index (χ4n) is 1.12. The summed E-state index contributed by atoms with van der Waals surface area (Å²) in [5.74, 6) is -0.254. The summed E-state index contributed by atoms with van der Waals surface area (Å²) < 4.78 is 0. The molecule has 0 saturated heterocycles. The van der Waals surface area contributed by atoms with Crippen LogP contribution in [0.5, 0.6) is 0 Å². The van der Waals surface area contributed by atoms with Crippen LogP contribution < -0.4 is 0 Å². The molecule has 1 unspecified atom stereocenters. The Morgan fingerprint density at radius 3 is 2.88 bits per heavy atom. The molecule has 1 heterocycles. The van der Waals surface area contributed by atoms with Gasteiger partial charge in [0.05, 0.1) is 18.5 Å². The van der Waals surface area contributed by atoms with Crippen molar-refractivity contribution in [1.29, 1.82) is 0 Å². The highest BCUT2D eigenvalue weighted by Gasteiger charge is 2.14. The molecule has 0 aromatic carbocycles. The molecule has 5 nitrogen and oxygen atoms in total. The average Bonchev–Trinajstić information content (AvgIpc) is 2.24. The monoisotopic (exact) mass is 243 g/mol. The number of nitrogens with zero attached hydrogens (tertiary/aromatic N) is 3. The molecule has 16 heavy (non-hydrogen) atoms. The number of carbonyl (C=O) groups excluding carboxylic acids is 1. The van der Waals surface area contributed by atoms with Gasteiger partial charge < -0.3 is 10.0 Å². The van der Waals surface area contributed by atoms with Gasteiger partial charge in [0.15, 0.2) is 0 Å². The van der Waals surface area contributed by atoms with Crippen molar-refractivity contribution in [1.82, 2.24) is 14.9 Å². The third-order valence-electron chi connectivity index (χ3n) is 2.05. The molecule has 0 saturated carbocycles. The molecular weight excluding hydrogens is 230 g/mol. The summed E-state index contributed by atoms with van der Waals surface area (Å²) >= 11 is 5.64. The van der Waals surface area contributed by atoms with Gasteiger partial charge in [0.1, 0.15) is 10.8 Å². The van der Waals surface area contributed by atoms with Crippen molar-refractivity contribution < 1.29 is 9.90 Å².